The molecular weight excluding hydrogens is 653 g/mol. The summed E-state index contributed by atoms with van der Waals surface area (Å²) in [6.07, 6.45) is 0.783. The quantitative estimate of drug-likeness (QED) is 0.124. The molecule has 11 nitrogen and oxygen atoms in total. The smallest absolute Gasteiger partial charge is 0.335 e. The van der Waals surface area contributed by atoms with E-state index in [2.05, 4.69) is 73.5 Å². The number of carboxylic acids is 1. The number of carbonyl (C=O) groups is 1. The first kappa shape index (κ1) is 38.3. The Morgan fingerprint density at radius 2 is 1.56 bits per heavy atom. The van der Waals surface area contributed by atoms with Gasteiger partial charge in [0.2, 0.25) is 11.8 Å². The number of hydrogen-bond acceptors (Lipinski definition) is 9. The summed E-state index contributed by atoms with van der Waals surface area (Å²) in [5.41, 5.74) is 4.08. The highest BCUT2D eigenvalue weighted by atomic mass is 32.2. The van der Waals surface area contributed by atoms with Crippen molar-refractivity contribution in [1.29, 1.82) is 0 Å². The van der Waals surface area contributed by atoms with Crippen LogP contribution in [0.15, 0.2) is 71.6 Å². The zero-order valence-electron chi connectivity index (χ0n) is 30.5. The summed E-state index contributed by atoms with van der Waals surface area (Å²) < 4.78 is 35.6. The Hall–Kier alpha value is -4.55. The number of aryl methyl sites for hydroxylation is 2. The number of aromatic carboxylic acids is 1. The summed E-state index contributed by atoms with van der Waals surface area (Å²) in [6.45, 7) is 18.7. The first-order valence-corrected chi connectivity index (χ1v) is 18.1. The van der Waals surface area contributed by atoms with Crippen LogP contribution in [0, 0.1) is 24.7 Å². The van der Waals surface area contributed by atoms with Gasteiger partial charge in [0.15, 0.2) is 0 Å². The number of nitrogens with zero attached hydrogens (tertiary/aromatic N) is 4. The Morgan fingerprint density at radius 3 is 2.20 bits per heavy atom. The largest absolute Gasteiger partial charge is 0.478 e. The maximum Gasteiger partial charge on any atom is 0.335 e. The number of pyridine rings is 1. The second kappa shape index (κ2) is 15.6. The van der Waals surface area contributed by atoms with E-state index in [0.29, 0.717) is 12.2 Å². The van der Waals surface area contributed by atoms with E-state index >= 15 is 0 Å². The van der Waals surface area contributed by atoms with Gasteiger partial charge in [-0.25, -0.2) is 27.9 Å². The van der Waals surface area contributed by atoms with Crippen LogP contribution in [-0.4, -0.2) is 60.7 Å². The number of rotatable bonds is 14. The minimum Gasteiger partial charge on any atom is -0.478 e. The summed E-state index contributed by atoms with van der Waals surface area (Å²) in [5, 5.41) is 13.0. The fourth-order valence-corrected chi connectivity index (χ4v) is 6.79. The van der Waals surface area contributed by atoms with E-state index < -0.39 is 16.0 Å². The lowest BCUT2D eigenvalue weighted by Crippen LogP contribution is -2.38. The van der Waals surface area contributed by atoms with Crippen molar-refractivity contribution in [2.45, 2.75) is 79.3 Å². The Bertz CT molecular complexity index is 1900. The molecule has 0 bridgehead atoms. The van der Waals surface area contributed by atoms with Crippen LogP contribution >= 0.6 is 0 Å². The number of nitrogens with one attached hydrogen (secondary N) is 2. The third kappa shape index (κ3) is 11.0. The van der Waals surface area contributed by atoms with Crippen molar-refractivity contribution in [2.75, 3.05) is 29.8 Å². The predicted octanol–water partition coefficient (Wildman–Crippen LogP) is 7.11. The minimum atomic E-state index is -4.24. The second-order valence-electron chi connectivity index (χ2n) is 15.2. The predicted molar refractivity (Wildman–Crippen MR) is 198 cm³/mol. The topological polar surface area (TPSA) is 147 Å². The molecule has 0 unspecified atom stereocenters. The molecule has 3 N–H and O–H groups in total. The lowest BCUT2D eigenvalue weighted by atomic mass is 9.88. The molecule has 0 saturated heterocycles. The average molecular weight is 703 g/mol. The first-order valence-electron chi connectivity index (χ1n) is 16.6. The Balaban J connectivity index is 1.62. The van der Waals surface area contributed by atoms with Gasteiger partial charge in [0.1, 0.15) is 12.4 Å². The van der Waals surface area contributed by atoms with E-state index in [9.17, 15) is 18.3 Å². The zero-order chi connectivity index (χ0) is 36.9. The van der Waals surface area contributed by atoms with Crippen LogP contribution in [-0.2, 0) is 16.6 Å². The van der Waals surface area contributed by atoms with Gasteiger partial charge in [0.05, 0.1) is 21.8 Å². The summed E-state index contributed by atoms with van der Waals surface area (Å²) in [7, 11) is -2.18. The molecule has 0 aliphatic rings. The van der Waals surface area contributed by atoms with Gasteiger partial charge in [0, 0.05) is 37.8 Å². The summed E-state index contributed by atoms with van der Waals surface area (Å²) >= 11 is 0. The third-order valence-corrected chi connectivity index (χ3v) is 9.14. The number of ether oxygens (including phenoxy) is 1. The molecular formula is C38H50N6O5S. The van der Waals surface area contributed by atoms with Crippen LogP contribution in [0.2, 0.25) is 0 Å². The van der Waals surface area contributed by atoms with Crippen molar-refractivity contribution < 1.29 is 23.1 Å². The number of benzene rings is 2. The summed E-state index contributed by atoms with van der Waals surface area (Å²) in [6, 6.07) is 18.6. The monoisotopic (exact) mass is 702 g/mol. The number of carboxylic acid groups (broad SMARTS) is 1. The van der Waals surface area contributed by atoms with Gasteiger partial charge < -0.3 is 20.1 Å². The molecule has 2 aromatic carbocycles. The first-order chi connectivity index (χ1) is 23.3. The molecule has 0 amide bonds. The Morgan fingerprint density at radius 1 is 0.900 bits per heavy atom. The highest BCUT2D eigenvalue weighted by Crippen LogP contribution is 2.30. The van der Waals surface area contributed by atoms with Gasteiger partial charge in [-0.1, -0.05) is 71.9 Å². The molecule has 2 heterocycles. The number of anilines is 2. The highest BCUT2D eigenvalue weighted by Gasteiger charge is 2.23. The van der Waals surface area contributed by atoms with Gasteiger partial charge in [0.25, 0.3) is 10.0 Å². The fourth-order valence-electron chi connectivity index (χ4n) is 5.80. The zero-order valence-corrected chi connectivity index (χ0v) is 31.4. The molecule has 4 aromatic rings. The molecule has 50 heavy (non-hydrogen) atoms. The molecule has 0 radical (unpaired) electrons. The fraction of sp³-hybridized carbons (Fsp3) is 0.421. The summed E-state index contributed by atoms with van der Waals surface area (Å²) in [4.78, 5) is 27.4. The SMILES string of the molecule is Cc1cccc(C)c1-c1cc(OC[C@@H](CC(C)(C)C)NCc2cccc(N(C)CC(C)(C)C)n2)nc(NS(=O)(=O)c2cccc(C(=O)O)c2)n1. The second-order valence-corrected chi connectivity index (χ2v) is 16.9. The molecule has 0 fully saturated rings. The van der Waals surface area contributed by atoms with Crippen LogP contribution in [0.4, 0.5) is 11.8 Å². The highest BCUT2D eigenvalue weighted by molar-refractivity contribution is 7.92. The molecule has 0 spiro atoms. The van der Waals surface area contributed by atoms with Crippen molar-refractivity contribution in [3.8, 4) is 17.1 Å². The summed E-state index contributed by atoms with van der Waals surface area (Å²) in [5.74, 6) is -0.325. The average Bonchev–Trinajstić information content (AvgIpc) is 3.01. The van der Waals surface area contributed by atoms with Crippen molar-refractivity contribution in [1.82, 2.24) is 20.3 Å². The lowest BCUT2D eigenvalue weighted by Gasteiger charge is -2.28. The molecule has 0 aliphatic heterocycles. The Kier molecular flexibility index (Phi) is 11.9. The van der Waals surface area contributed by atoms with Crippen LogP contribution < -0.4 is 19.7 Å². The van der Waals surface area contributed by atoms with Crippen molar-refractivity contribution in [3.05, 3.63) is 89.1 Å². The van der Waals surface area contributed by atoms with Gasteiger partial charge in [-0.05, 0) is 72.6 Å². The van der Waals surface area contributed by atoms with Gasteiger partial charge >= 0.3 is 5.97 Å². The van der Waals surface area contributed by atoms with Crippen molar-refractivity contribution >= 4 is 27.8 Å². The number of hydrogen-bond donors (Lipinski definition) is 3. The lowest BCUT2D eigenvalue weighted by molar-refractivity contribution is 0.0696. The van der Waals surface area contributed by atoms with Crippen LogP contribution in [0.25, 0.3) is 11.3 Å². The van der Waals surface area contributed by atoms with Gasteiger partial charge in [-0.15, -0.1) is 0 Å². The minimum absolute atomic E-state index is 0.0242. The maximum atomic E-state index is 13.4. The molecule has 0 saturated carbocycles. The van der Waals surface area contributed by atoms with Crippen LogP contribution in [0.3, 0.4) is 0 Å². The molecule has 0 aliphatic carbocycles. The molecule has 12 heteroatoms. The van der Waals surface area contributed by atoms with E-state index in [4.69, 9.17) is 9.72 Å². The van der Waals surface area contributed by atoms with Crippen molar-refractivity contribution in [2.24, 2.45) is 10.8 Å². The standard InChI is InChI=1S/C38H50N6O5S/c1-25-13-10-14-26(2)34(25)31-20-33(42-36(41-31)43-50(47,48)30-17-11-15-27(19-30)35(45)46)49-23-29(21-37(3,4)5)39-22-28-16-12-18-32(40-28)44(9)24-38(6,7)8/h10-20,29,39H,21-24H2,1-9H3,(H,45,46)(H,41,42,43)/t29-/m1/s1. The maximum absolute atomic E-state index is 13.4. The molecule has 1 atom stereocenters. The van der Waals surface area contributed by atoms with E-state index in [1.54, 1.807) is 6.07 Å². The number of sulfonamides is 1. The van der Waals surface area contributed by atoms with E-state index in [1.807, 2.05) is 50.2 Å². The van der Waals surface area contributed by atoms with E-state index in [0.717, 1.165) is 47.2 Å². The third-order valence-electron chi connectivity index (χ3n) is 7.81. The number of aromatic nitrogens is 3. The molecule has 4 rings (SSSR count). The van der Waals surface area contributed by atoms with E-state index in [-0.39, 0.29) is 45.8 Å². The van der Waals surface area contributed by atoms with Gasteiger partial charge in [-0.2, -0.15) is 4.98 Å². The normalized spacial score (nSPS) is 12.7. The van der Waals surface area contributed by atoms with Crippen LogP contribution in [0.5, 0.6) is 5.88 Å². The van der Waals surface area contributed by atoms with Crippen molar-refractivity contribution in [3.63, 3.8) is 0 Å². The molecule has 268 valence electrons. The Labute approximate surface area is 296 Å². The van der Waals surface area contributed by atoms with E-state index in [1.165, 1.54) is 18.2 Å². The molecule has 2 aromatic heterocycles. The van der Waals surface area contributed by atoms with Crippen LogP contribution in [0.1, 0.15) is 75.1 Å². The van der Waals surface area contributed by atoms with Gasteiger partial charge in [-0.3, -0.25) is 0 Å².